The minimum Gasteiger partial charge on any atom is -0.444 e. The monoisotopic (exact) mass is 241 g/mol. The third kappa shape index (κ3) is 3.33. The highest BCUT2D eigenvalue weighted by Crippen LogP contribution is 2.13. The summed E-state index contributed by atoms with van der Waals surface area (Å²) in [7, 11) is 0. The van der Waals surface area contributed by atoms with Crippen molar-refractivity contribution >= 4 is 6.09 Å². The summed E-state index contributed by atoms with van der Waals surface area (Å²) in [6, 6.07) is 0.677. The molecule has 98 valence electrons. The number of carbonyl (C=O) groups is 1. The topological polar surface area (TPSA) is 44.8 Å². The molecule has 2 heterocycles. The van der Waals surface area contributed by atoms with Gasteiger partial charge in [0, 0.05) is 45.3 Å². The van der Waals surface area contributed by atoms with E-state index in [4.69, 9.17) is 4.74 Å². The molecule has 2 aliphatic heterocycles. The van der Waals surface area contributed by atoms with E-state index in [0.717, 1.165) is 39.3 Å². The van der Waals surface area contributed by atoms with Crippen molar-refractivity contribution < 1.29 is 9.53 Å². The second kappa shape index (κ2) is 4.82. The van der Waals surface area contributed by atoms with E-state index >= 15 is 0 Å². The summed E-state index contributed by atoms with van der Waals surface area (Å²) < 4.78 is 5.37. The minimum atomic E-state index is -0.397. The third-order valence-electron chi connectivity index (χ3n) is 3.24. The van der Waals surface area contributed by atoms with Gasteiger partial charge in [-0.15, -0.1) is 0 Å². The Bertz CT molecular complexity index is 276. The maximum atomic E-state index is 11.8. The van der Waals surface area contributed by atoms with Gasteiger partial charge >= 0.3 is 6.09 Å². The summed E-state index contributed by atoms with van der Waals surface area (Å²) >= 11 is 0. The zero-order valence-corrected chi connectivity index (χ0v) is 11.0. The number of hydrogen-bond donors (Lipinski definition) is 1. The number of hydrogen-bond acceptors (Lipinski definition) is 4. The standard InChI is InChI=1S/C12H23N3O2/c1-12(2,3)17-11(16)15-6-4-14(5-7-15)10-8-13-9-10/h10,13H,4-9H2,1-3H3. The minimum absolute atomic E-state index is 0.177. The summed E-state index contributed by atoms with van der Waals surface area (Å²) in [6.45, 7) is 11.4. The van der Waals surface area contributed by atoms with Crippen molar-refractivity contribution in [1.29, 1.82) is 0 Å². The summed E-state index contributed by atoms with van der Waals surface area (Å²) in [5.74, 6) is 0. The molecule has 2 rings (SSSR count). The van der Waals surface area contributed by atoms with Crippen LogP contribution in [0.25, 0.3) is 0 Å². The summed E-state index contributed by atoms with van der Waals surface area (Å²) in [4.78, 5) is 16.1. The predicted octanol–water partition coefficient (Wildman–Crippen LogP) is 0.511. The van der Waals surface area contributed by atoms with Gasteiger partial charge in [0.25, 0.3) is 0 Å². The van der Waals surface area contributed by atoms with Crippen LogP contribution in [0.2, 0.25) is 0 Å². The van der Waals surface area contributed by atoms with Crippen molar-refractivity contribution in [3.05, 3.63) is 0 Å². The van der Waals surface area contributed by atoms with Crippen LogP contribution in [-0.2, 0) is 4.74 Å². The Morgan fingerprint density at radius 3 is 2.18 bits per heavy atom. The smallest absolute Gasteiger partial charge is 0.410 e. The van der Waals surface area contributed by atoms with E-state index in [-0.39, 0.29) is 6.09 Å². The van der Waals surface area contributed by atoms with Gasteiger partial charge in [0.2, 0.25) is 0 Å². The molecule has 2 aliphatic rings. The van der Waals surface area contributed by atoms with E-state index in [2.05, 4.69) is 10.2 Å². The fourth-order valence-corrected chi connectivity index (χ4v) is 2.13. The Balaban J connectivity index is 1.76. The van der Waals surface area contributed by atoms with Gasteiger partial charge in [0.15, 0.2) is 0 Å². The number of carbonyl (C=O) groups excluding carboxylic acids is 1. The normalized spacial score (nSPS) is 23.4. The highest BCUT2D eigenvalue weighted by molar-refractivity contribution is 5.68. The predicted molar refractivity (Wildman–Crippen MR) is 66.0 cm³/mol. The van der Waals surface area contributed by atoms with Crippen LogP contribution in [0.4, 0.5) is 4.79 Å². The molecule has 0 bridgehead atoms. The second-order valence-electron chi connectivity index (χ2n) is 5.82. The lowest BCUT2D eigenvalue weighted by atomic mass is 10.1. The molecule has 0 saturated carbocycles. The Morgan fingerprint density at radius 1 is 1.18 bits per heavy atom. The van der Waals surface area contributed by atoms with E-state index in [1.165, 1.54) is 0 Å². The maximum Gasteiger partial charge on any atom is 0.410 e. The first-order valence-electron chi connectivity index (χ1n) is 6.38. The quantitative estimate of drug-likeness (QED) is 0.726. The molecule has 0 aliphatic carbocycles. The molecule has 0 aromatic carbocycles. The third-order valence-corrected chi connectivity index (χ3v) is 3.24. The Labute approximate surface area is 103 Å². The number of nitrogens with zero attached hydrogens (tertiary/aromatic N) is 2. The van der Waals surface area contributed by atoms with Crippen molar-refractivity contribution in [2.75, 3.05) is 39.3 Å². The first-order chi connectivity index (χ1) is 7.96. The average molecular weight is 241 g/mol. The van der Waals surface area contributed by atoms with Gasteiger partial charge in [-0.2, -0.15) is 0 Å². The molecule has 0 spiro atoms. The van der Waals surface area contributed by atoms with Crippen molar-refractivity contribution in [1.82, 2.24) is 15.1 Å². The molecule has 0 unspecified atom stereocenters. The Kier molecular flexibility index (Phi) is 3.58. The molecule has 2 saturated heterocycles. The highest BCUT2D eigenvalue weighted by atomic mass is 16.6. The first kappa shape index (κ1) is 12.6. The molecule has 1 N–H and O–H groups in total. The van der Waals surface area contributed by atoms with Crippen LogP contribution in [0, 0.1) is 0 Å². The Morgan fingerprint density at radius 2 is 1.76 bits per heavy atom. The molecule has 5 nitrogen and oxygen atoms in total. The number of piperazine rings is 1. The molecule has 0 radical (unpaired) electrons. The fraction of sp³-hybridized carbons (Fsp3) is 0.917. The zero-order valence-electron chi connectivity index (χ0n) is 11.0. The van der Waals surface area contributed by atoms with E-state index in [9.17, 15) is 4.79 Å². The SMILES string of the molecule is CC(C)(C)OC(=O)N1CCN(C2CNC2)CC1. The van der Waals surface area contributed by atoms with Crippen LogP contribution in [0.5, 0.6) is 0 Å². The van der Waals surface area contributed by atoms with Gasteiger partial charge < -0.3 is 15.0 Å². The molecule has 17 heavy (non-hydrogen) atoms. The van der Waals surface area contributed by atoms with Gasteiger partial charge in [0.05, 0.1) is 0 Å². The number of nitrogens with one attached hydrogen (secondary N) is 1. The van der Waals surface area contributed by atoms with Crippen molar-refractivity contribution in [3.8, 4) is 0 Å². The molecular weight excluding hydrogens is 218 g/mol. The van der Waals surface area contributed by atoms with Crippen LogP contribution in [0.3, 0.4) is 0 Å². The van der Waals surface area contributed by atoms with Crippen LogP contribution >= 0.6 is 0 Å². The van der Waals surface area contributed by atoms with Crippen molar-refractivity contribution in [3.63, 3.8) is 0 Å². The van der Waals surface area contributed by atoms with E-state index in [1.807, 2.05) is 25.7 Å². The molecular formula is C12H23N3O2. The lowest BCUT2D eigenvalue weighted by Crippen LogP contribution is -2.62. The van der Waals surface area contributed by atoms with Crippen LogP contribution < -0.4 is 5.32 Å². The summed E-state index contributed by atoms with van der Waals surface area (Å²) in [5, 5.41) is 3.28. The number of amides is 1. The highest BCUT2D eigenvalue weighted by Gasteiger charge is 2.30. The average Bonchev–Trinajstić information content (AvgIpc) is 2.13. The fourth-order valence-electron chi connectivity index (χ4n) is 2.13. The van der Waals surface area contributed by atoms with Gasteiger partial charge in [-0.05, 0) is 20.8 Å². The second-order valence-corrected chi connectivity index (χ2v) is 5.82. The van der Waals surface area contributed by atoms with Crippen LogP contribution in [0.1, 0.15) is 20.8 Å². The summed E-state index contributed by atoms with van der Waals surface area (Å²) in [5.41, 5.74) is -0.397. The molecule has 0 atom stereocenters. The van der Waals surface area contributed by atoms with E-state index in [0.29, 0.717) is 6.04 Å². The van der Waals surface area contributed by atoms with Crippen molar-refractivity contribution in [2.24, 2.45) is 0 Å². The molecule has 0 aromatic heterocycles. The number of ether oxygens (including phenoxy) is 1. The lowest BCUT2D eigenvalue weighted by molar-refractivity contribution is 0.00725. The van der Waals surface area contributed by atoms with Crippen LogP contribution in [0.15, 0.2) is 0 Å². The van der Waals surface area contributed by atoms with Gasteiger partial charge in [-0.1, -0.05) is 0 Å². The lowest BCUT2D eigenvalue weighted by Gasteiger charge is -2.43. The van der Waals surface area contributed by atoms with Gasteiger partial charge in [-0.3, -0.25) is 4.90 Å². The molecule has 1 amide bonds. The Hall–Kier alpha value is -0.810. The zero-order chi connectivity index (χ0) is 12.5. The maximum absolute atomic E-state index is 11.8. The van der Waals surface area contributed by atoms with Gasteiger partial charge in [0.1, 0.15) is 5.60 Å². The van der Waals surface area contributed by atoms with Gasteiger partial charge in [-0.25, -0.2) is 4.79 Å². The largest absolute Gasteiger partial charge is 0.444 e. The summed E-state index contributed by atoms with van der Waals surface area (Å²) in [6.07, 6.45) is -0.177. The molecule has 0 aromatic rings. The van der Waals surface area contributed by atoms with Crippen LogP contribution in [-0.4, -0.2) is 66.8 Å². The molecule has 5 heteroatoms. The van der Waals surface area contributed by atoms with E-state index < -0.39 is 5.60 Å². The van der Waals surface area contributed by atoms with Crippen molar-refractivity contribution in [2.45, 2.75) is 32.4 Å². The number of rotatable bonds is 1. The van der Waals surface area contributed by atoms with E-state index in [1.54, 1.807) is 0 Å². The first-order valence-corrected chi connectivity index (χ1v) is 6.38. The molecule has 2 fully saturated rings.